The van der Waals surface area contributed by atoms with E-state index in [-0.39, 0.29) is 41.1 Å². The van der Waals surface area contributed by atoms with Crippen molar-refractivity contribution in [1.29, 1.82) is 0 Å². The molecule has 0 bridgehead atoms. The van der Waals surface area contributed by atoms with Crippen molar-refractivity contribution in [2.75, 3.05) is 26.4 Å². The summed E-state index contributed by atoms with van der Waals surface area (Å²) in [6, 6.07) is 0. The second-order valence-corrected chi connectivity index (χ2v) is 25.3. The van der Waals surface area contributed by atoms with Gasteiger partial charge in [-0.15, -0.1) is 0 Å². The van der Waals surface area contributed by atoms with Gasteiger partial charge in [0.1, 0.15) is 91.6 Å². The highest BCUT2D eigenvalue weighted by atomic mass is 16.8. The molecule has 0 amide bonds. The molecule has 1 unspecified atom stereocenters. The number of fused-ring (bicyclic) bond motifs is 5. The molecule has 0 aromatic rings. The van der Waals surface area contributed by atoms with Gasteiger partial charge in [-0.2, -0.15) is 0 Å². The Labute approximate surface area is 439 Å². The van der Waals surface area contributed by atoms with Crippen molar-refractivity contribution in [2.45, 2.75) is 248 Å². The molecular formula is C53H90O22. The quantitative estimate of drug-likeness (QED) is 0.0651. The molecule has 0 radical (unpaired) electrons. The largest absolute Gasteiger partial charge is 0.394 e. The molecular weight excluding hydrogens is 989 g/mol. The molecule has 8 fully saturated rings. The molecule has 0 aromatic carbocycles. The van der Waals surface area contributed by atoms with Gasteiger partial charge < -0.3 is 109 Å². The number of ether oxygens (including phenoxy) is 8. The van der Waals surface area contributed by atoms with Crippen LogP contribution in [0.5, 0.6) is 0 Å². The van der Waals surface area contributed by atoms with E-state index in [0.29, 0.717) is 38.5 Å². The highest BCUT2D eigenvalue weighted by Crippen LogP contribution is 2.76. The highest BCUT2D eigenvalue weighted by Gasteiger charge is 2.72. The minimum Gasteiger partial charge on any atom is -0.394 e. The SMILES string of the molecule is CC(C)=CCC[C@](C)(O[C@@H]1O[C@H](CO[C@@H]2OC[C@H](O)[C@H](O)[C@H]2O)[C@@H](O)C(O)[C@H]1O)[C@H]1CC[C@]2(C)[C@@H]1[C@H](O)C[C@@H]1[C@@]3(C)CC[C@H](O[C@@H]4O[C@H](CO)[C@@H](O)[C@H](O)[C@H]4O[C@@H]4O[C@H](CO)[C@@H](O)[C@H](O)[C@H]4O)C(C)(C)[C@@H]3CC[C@]12C. The predicted octanol–water partition coefficient (Wildman–Crippen LogP) is -1.56. The minimum absolute atomic E-state index is 0.0508. The summed E-state index contributed by atoms with van der Waals surface area (Å²) in [6.45, 7) is 15.1. The van der Waals surface area contributed by atoms with E-state index in [1.165, 1.54) is 0 Å². The third-order valence-corrected chi connectivity index (χ3v) is 20.5. The van der Waals surface area contributed by atoms with Gasteiger partial charge >= 0.3 is 0 Å². The predicted molar refractivity (Wildman–Crippen MR) is 260 cm³/mol. The van der Waals surface area contributed by atoms with Crippen LogP contribution < -0.4 is 0 Å². The standard InChI is InChI=1S/C53H90O22/c1-23(2)10-9-14-53(8,75-47-43(67)39(63)37(61)29(72-47)22-69-45-41(65)34(58)26(57)21-68-45)24-11-16-52(7)33(24)25(56)18-31-50(5)15-13-32(49(3,4)30(50)12-17-51(31,52)6)73-48-44(40(64)36(60)28(20-55)71-48)74-46-42(66)38(62)35(59)27(19-54)70-46/h10,24-48,54-67H,9,11-22H2,1-8H3/t24-,25+,26-,27+,28+,29+,30-,31+,32-,33-,34-,35+,36+,37+,38-,39?,40-,41+,42+,43+,44+,45-,46-,47-,48-,50-,51+,52+,53-/m0/s1. The first-order chi connectivity index (χ1) is 35.1. The van der Waals surface area contributed by atoms with Crippen molar-refractivity contribution in [1.82, 2.24) is 0 Å². The molecule has 434 valence electrons. The van der Waals surface area contributed by atoms with Crippen LogP contribution >= 0.6 is 0 Å². The summed E-state index contributed by atoms with van der Waals surface area (Å²) >= 11 is 0. The molecule has 75 heavy (non-hydrogen) atoms. The zero-order valence-electron chi connectivity index (χ0n) is 44.7. The molecule has 29 atom stereocenters. The Morgan fingerprint density at radius 1 is 0.587 bits per heavy atom. The maximum absolute atomic E-state index is 12.8. The summed E-state index contributed by atoms with van der Waals surface area (Å²) in [7, 11) is 0. The lowest BCUT2D eigenvalue weighted by atomic mass is 9.35. The molecule has 8 rings (SSSR count). The number of hydrogen-bond acceptors (Lipinski definition) is 22. The molecule has 4 saturated heterocycles. The van der Waals surface area contributed by atoms with Crippen molar-refractivity contribution in [2.24, 2.45) is 45.3 Å². The second kappa shape index (κ2) is 22.7. The van der Waals surface area contributed by atoms with Crippen LogP contribution in [0.1, 0.15) is 113 Å². The Balaban J connectivity index is 1.01. The van der Waals surface area contributed by atoms with E-state index in [9.17, 15) is 71.5 Å². The summed E-state index contributed by atoms with van der Waals surface area (Å²) in [5.74, 6) is -0.395. The van der Waals surface area contributed by atoms with E-state index in [1.807, 2.05) is 20.8 Å². The lowest BCUT2D eigenvalue weighted by Gasteiger charge is -2.71. The molecule has 4 aliphatic heterocycles. The molecule has 8 aliphatic rings. The maximum Gasteiger partial charge on any atom is 0.187 e. The Kier molecular flexibility index (Phi) is 18.1. The van der Waals surface area contributed by atoms with Gasteiger partial charge in [0.2, 0.25) is 0 Å². The minimum atomic E-state index is -1.81. The summed E-state index contributed by atoms with van der Waals surface area (Å²) in [4.78, 5) is 0. The fourth-order valence-corrected chi connectivity index (χ4v) is 16.0. The Morgan fingerprint density at radius 2 is 1.16 bits per heavy atom. The van der Waals surface area contributed by atoms with Gasteiger partial charge in [-0.25, -0.2) is 0 Å². The van der Waals surface area contributed by atoms with E-state index < -0.39 is 165 Å². The second-order valence-electron chi connectivity index (χ2n) is 25.3. The maximum atomic E-state index is 12.8. The first-order valence-corrected chi connectivity index (χ1v) is 27.3. The smallest absolute Gasteiger partial charge is 0.187 e. The number of aliphatic hydroxyl groups is 14. The number of allylic oxidation sites excluding steroid dienone is 2. The van der Waals surface area contributed by atoms with Gasteiger partial charge in [-0.05, 0) is 124 Å². The molecule has 0 aromatic heterocycles. The molecule has 0 spiro atoms. The molecule has 14 N–H and O–H groups in total. The van der Waals surface area contributed by atoms with Crippen LogP contribution in [0, 0.1) is 45.3 Å². The van der Waals surface area contributed by atoms with E-state index >= 15 is 0 Å². The summed E-state index contributed by atoms with van der Waals surface area (Å²) in [5.41, 5.74) is -1.48. The van der Waals surface area contributed by atoms with Crippen molar-refractivity contribution in [3.8, 4) is 0 Å². The van der Waals surface area contributed by atoms with Crippen molar-refractivity contribution >= 4 is 0 Å². The highest BCUT2D eigenvalue weighted by molar-refractivity contribution is 5.20. The van der Waals surface area contributed by atoms with Crippen molar-refractivity contribution in [3.63, 3.8) is 0 Å². The Bertz CT molecular complexity index is 1940. The van der Waals surface area contributed by atoms with E-state index in [4.69, 9.17) is 37.9 Å². The van der Waals surface area contributed by atoms with E-state index in [1.54, 1.807) is 0 Å². The summed E-state index contributed by atoms with van der Waals surface area (Å²) in [6.07, 6.45) is -22.6. The van der Waals surface area contributed by atoms with Gasteiger partial charge in [0.15, 0.2) is 25.2 Å². The third kappa shape index (κ3) is 10.6. The number of hydrogen-bond donors (Lipinski definition) is 14. The third-order valence-electron chi connectivity index (χ3n) is 20.5. The summed E-state index contributed by atoms with van der Waals surface area (Å²) < 4.78 is 48.8. The van der Waals surface area contributed by atoms with Crippen LogP contribution in [0.25, 0.3) is 0 Å². The van der Waals surface area contributed by atoms with E-state index in [2.05, 4.69) is 40.7 Å². The monoisotopic (exact) mass is 1080 g/mol. The zero-order valence-corrected chi connectivity index (χ0v) is 44.7. The van der Waals surface area contributed by atoms with Gasteiger partial charge in [-0.1, -0.05) is 46.3 Å². The van der Waals surface area contributed by atoms with E-state index in [0.717, 1.165) is 24.8 Å². The molecule has 4 saturated carbocycles. The van der Waals surface area contributed by atoms with Gasteiger partial charge in [0.05, 0.1) is 44.2 Å². The molecule has 22 heteroatoms. The Hall–Kier alpha value is -1.14. The van der Waals surface area contributed by atoms with Crippen LogP contribution in [0.4, 0.5) is 0 Å². The molecule has 22 nitrogen and oxygen atoms in total. The van der Waals surface area contributed by atoms with Crippen molar-refractivity contribution < 1.29 is 109 Å². The average molecular weight is 1080 g/mol. The topological polar surface area (TPSA) is 357 Å². The van der Waals surface area contributed by atoms with Gasteiger partial charge in [0, 0.05) is 0 Å². The normalized spacial score (nSPS) is 52.7. The number of rotatable bonds is 15. The van der Waals surface area contributed by atoms with Gasteiger partial charge in [0.25, 0.3) is 0 Å². The summed E-state index contributed by atoms with van der Waals surface area (Å²) in [5, 5.41) is 151. The van der Waals surface area contributed by atoms with Crippen LogP contribution in [0.15, 0.2) is 11.6 Å². The zero-order chi connectivity index (χ0) is 55.1. The first-order valence-electron chi connectivity index (χ1n) is 27.3. The van der Waals surface area contributed by atoms with Gasteiger partial charge in [-0.3, -0.25) is 0 Å². The van der Waals surface area contributed by atoms with Crippen molar-refractivity contribution in [3.05, 3.63) is 11.6 Å². The lowest BCUT2D eigenvalue weighted by molar-refractivity contribution is -0.378. The fraction of sp³-hybridized carbons (Fsp3) is 0.962. The number of aliphatic hydroxyl groups excluding tert-OH is 14. The molecule has 4 aliphatic carbocycles. The Morgan fingerprint density at radius 3 is 1.80 bits per heavy atom. The average Bonchev–Trinajstić information content (AvgIpc) is 3.75. The van der Waals surface area contributed by atoms with Crippen LogP contribution in [0.3, 0.4) is 0 Å². The fourth-order valence-electron chi connectivity index (χ4n) is 16.0. The van der Waals surface area contributed by atoms with Crippen LogP contribution in [-0.2, 0) is 37.9 Å². The lowest BCUT2D eigenvalue weighted by Crippen LogP contribution is -2.68. The van der Waals surface area contributed by atoms with Crippen LogP contribution in [-0.4, -0.2) is 232 Å². The molecule has 4 heterocycles. The first kappa shape index (κ1) is 60.0. The van der Waals surface area contributed by atoms with Crippen LogP contribution in [0.2, 0.25) is 0 Å².